The van der Waals surface area contributed by atoms with Gasteiger partial charge in [-0.2, -0.15) is 15.0 Å². The summed E-state index contributed by atoms with van der Waals surface area (Å²) in [6.07, 6.45) is 1.17. The molecule has 0 aliphatic heterocycles. The van der Waals surface area contributed by atoms with Gasteiger partial charge in [-0.25, -0.2) is 0 Å². The van der Waals surface area contributed by atoms with Crippen LogP contribution in [0.4, 0.5) is 17.6 Å². The number of hydrogen-bond donors (Lipinski definition) is 2. The van der Waals surface area contributed by atoms with Crippen LogP contribution in [0.3, 0.4) is 0 Å². The van der Waals surface area contributed by atoms with Crippen LogP contribution >= 0.6 is 0 Å². The molecule has 7 nitrogen and oxygen atoms in total. The monoisotopic (exact) mass is 329 g/mol. The molecule has 0 unspecified atom stereocenters. The fourth-order valence-corrected chi connectivity index (χ4v) is 1.95. The highest BCUT2D eigenvalue weighted by atomic mass is 16.5. The number of aromatic nitrogens is 3. The second kappa shape index (κ2) is 8.24. The van der Waals surface area contributed by atoms with E-state index in [0.29, 0.717) is 24.1 Å². The predicted octanol–water partition coefficient (Wildman–Crippen LogP) is 2.99. The van der Waals surface area contributed by atoms with E-state index in [-0.39, 0.29) is 18.5 Å². The summed E-state index contributed by atoms with van der Waals surface area (Å²) in [6, 6.07) is 7.79. The molecule has 0 atom stereocenters. The molecule has 0 saturated heterocycles. The number of carbonyl (C=O) groups is 1. The maximum atomic E-state index is 11.7. The molecule has 2 rings (SSSR count). The third kappa shape index (κ3) is 5.83. The lowest BCUT2D eigenvalue weighted by molar-refractivity contribution is -0.145. The molecule has 2 aromatic rings. The molecule has 0 aliphatic rings. The average Bonchev–Trinajstić information content (AvgIpc) is 2.52. The van der Waals surface area contributed by atoms with Crippen molar-refractivity contribution in [2.45, 2.75) is 40.2 Å². The van der Waals surface area contributed by atoms with Gasteiger partial charge in [0.25, 0.3) is 0 Å². The van der Waals surface area contributed by atoms with E-state index in [9.17, 15) is 4.79 Å². The molecule has 128 valence electrons. The maximum Gasteiger partial charge on any atom is 0.306 e. The van der Waals surface area contributed by atoms with E-state index >= 15 is 0 Å². The molecule has 0 spiro atoms. The van der Waals surface area contributed by atoms with E-state index in [1.165, 1.54) is 0 Å². The minimum atomic E-state index is -0.268. The molecular weight excluding hydrogens is 306 g/mol. The van der Waals surface area contributed by atoms with Gasteiger partial charge >= 0.3 is 5.97 Å². The maximum absolute atomic E-state index is 11.7. The fraction of sp³-hybridized carbons (Fsp3) is 0.412. The number of nitrogens with one attached hydrogen (secondary N) is 1. The van der Waals surface area contributed by atoms with Crippen molar-refractivity contribution in [3.63, 3.8) is 0 Å². The molecule has 0 aliphatic carbocycles. The summed E-state index contributed by atoms with van der Waals surface area (Å²) in [4.78, 5) is 23.9. The summed E-state index contributed by atoms with van der Waals surface area (Å²) in [5.41, 5.74) is 7.70. The lowest BCUT2D eigenvalue weighted by Gasteiger charge is -2.09. The van der Waals surface area contributed by atoms with E-state index in [1.54, 1.807) is 0 Å². The van der Waals surface area contributed by atoms with Crippen LogP contribution in [0.1, 0.15) is 38.1 Å². The van der Waals surface area contributed by atoms with E-state index in [0.717, 1.165) is 17.7 Å². The molecule has 1 aromatic heterocycles. The predicted molar refractivity (Wildman–Crippen MR) is 92.6 cm³/mol. The Balaban J connectivity index is 1.97. The Hall–Kier alpha value is -2.70. The van der Waals surface area contributed by atoms with Gasteiger partial charge in [0.15, 0.2) is 12.4 Å². The Bertz CT molecular complexity index is 686. The van der Waals surface area contributed by atoms with Gasteiger partial charge in [0.05, 0.1) is 0 Å². The second-order valence-corrected chi connectivity index (χ2v) is 6.02. The lowest BCUT2D eigenvalue weighted by atomic mass is 10.1. The van der Waals surface area contributed by atoms with Gasteiger partial charge in [0, 0.05) is 12.1 Å². The first-order chi connectivity index (χ1) is 11.4. The normalized spacial score (nSPS) is 10.7. The number of esters is 1. The van der Waals surface area contributed by atoms with Crippen LogP contribution in [0.5, 0.6) is 0 Å². The SMILES string of the molecule is Cc1ccc(Nc2nc(N)nc(COC(=O)CCC(C)C)n2)cc1. The van der Waals surface area contributed by atoms with Gasteiger partial charge in [-0.15, -0.1) is 0 Å². The fourth-order valence-electron chi connectivity index (χ4n) is 1.95. The third-order valence-electron chi connectivity index (χ3n) is 3.29. The number of carbonyl (C=O) groups excluding carboxylic acids is 1. The summed E-state index contributed by atoms with van der Waals surface area (Å²) in [7, 11) is 0. The van der Waals surface area contributed by atoms with Gasteiger partial charge in [-0.05, 0) is 31.4 Å². The van der Waals surface area contributed by atoms with Gasteiger partial charge < -0.3 is 15.8 Å². The first-order valence-corrected chi connectivity index (χ1v) is 7.92. The van der Waals surface area contributed by atoms with Crippen LogP contribution in [0.15, 0.2) is 24.3 Å². The van der Waals surface area contributed by atoms with E-state index in [2.05, 4.69) is 34.1 Å². The summed E-state index contributed by atoms with van der Waals surface area (Å²) in [5.74, 6) is 0.897. The number of ether oxygens (including phenoxy) is 1. The number of rotatable bonds is 7. The van der Waals surface area contributed by atoms with Crippen molar-refractivity contribution < 1.29 is 9.53 Å². The number of nitrogen functional groups attached to an aromatic ring is 1. The van der Waals surface area contributed by atoms with Crippen molar-refractivity contribution in [3.8, 4) is 0 Å². The number of aryl methyl sites for hydroxylation is 1. The second-order valence-electron chi connectivity index (χ2n) is 6.02. The molecule has 3 N–H and O–H groups in total. The number of hydrogen-bond acceptors (Lipinski definition) is 7. The highest BCUT2D eigenvalue weighted by molar-refractivity contribution is 5.69. The van der Waals surface area contributed by atoms with Crippen molar-refractivity contribution >= 4 is 23.6 Å². The van der Waals surface area contributed by atoms with E-state index < -0.39 is 0 Å². The van der Waals surface area contributed by atoms with Crippen LogP contribution in [-0.2, 0) is 16.1 Å². The summed E-state index contributed by atoms with van der Waals surface area (Å²) < 4.78 is 5.18. The molecule has 0 radical (unpaired) electrons. The molecule has 24 heavy (non-hydrogen) atoms. The standard InChI is InChI=1S/C17H23N5O2/c1-11(2)4-9-15(23)24-10-14-20-16(18)22-17(21-14)19-13-7-5-12(3)6-8-13/h5-8,11H,4,9-10H2,1-3H3,(H3,18,19,20,21,22). The quantitative estimate of drug-likeness (QED) is 0.753. The highest BCUT2D eigenvalue weighted by Crippen LogP contribution is 2.14. The molecule has 0 saturated carbocycles. The Morgan fingerprint density at radius 1 is 1.21 bits per heavy atom. The smallest absolute Gasteiger partial charge is 0.306 e. The van der Waals surface area contributed by atoms with Crippen molar-refractivity contribution in [3.05, 3.63) is 35.7 Å². The van der Waals surface area contributed by atoms with Crippen LogP contribution in [0.2, 0.25) is 0 Å². The highest BCUT2D eigenvalue weighted by Gasteiger charge is 2.09. The summed E-state index contributed by atoms with van der Waals surface area (Å²) >= 11 is 0. The van der Waals surface area contributed by atoms with Gasteiger partial charge in [0.2, 0.25) is 11.9 Å². The minimum Gasteiger partial charge on any atom is -0.457 e. The Kier molecular flexibility index (Phi) is 6.06. The lowest BCUT2D eigenvalue weighted by Crippen LogP contribution is -2.11. The molecule has 1 heterocycles. The minimum absolute atomic E-state index is 0.0216. The number of nitrogens with zero attached hydrogens (tertiary/aromatic N) is 3. The largest absolute Gasteiger partial charge is 0.457 e. The third-order valence-corrected chi connectivity index (χ3v) is 3.29. The number of nitrogens with two attached hydrogens (primary N) is 1. The van der Waals surface area contributed by atoms with E-state index in [4.69, 9.17) is 10.5 Å². The molecular formula is C17H23N5O2. The van der Waals surface area contributed by atoms with Crippen molar-refractivity contribution in [1.29, 1.82) is 0 Å². The summed E-state index contributed by atoms with van der Waals surface area (Å²) in [6.45, 7) is 6.11. The Labute approximate surface area is 141 Å². The van der Waals surface area contributed by atoms with Gasteiger partial charge in [-0.3, -0.25) is 4.79 Å². The molecule has 0 amide bonds. The summed E-state index contributed by atoms with van der Waals surface area (Å²) in [5, 5.41) is 3.06. The van der Waals surface area contributed by atoms with Crippen LogP contribution < -0.4 is 11.1 Å². The van der Waals surface area contributed by atoms with Crippen molar-refractivity contribution in [2.24, 2.45) is 5.92 Å². The first-order valence-electron chi connectivity index (χ1n) is 7.92. The molecule has 1 aromatic carbocycles. The van der Waals surface area contributed by atoms with Crippen LogP contribution in [0.25, 0.3) is 0 Å². The van der Waals surface area contributed by atoms with E-state index in [1.807, 2.05) is 31.2 Å². The molecule has 0 bridgehead atoms. The topological polar surface area (TPSA) is 103 Å². The molecule has 7 heteroatoms. The molecule has 0 fully saturated rings. The number of benzene rings is 1. The zero-order valence-corrected chi connectivity index (χ0v) is 14.2. The Morgan fingerprint density at radius 3 is 2.58 bits per heavy atom. The van der Waals surface area contributed by atoms with Crippen LogP contribution in [0, 0.1) is 12.8 Å². The number of anilines is 3. The zero-order chi connectivity index (χ0) is 17.5. The zero-order valence-electron chi connectivity index (χ0n) is 14.2. The Morgan fingerprint density at radius 2 is 1.92 bits per heavy atom. The van der Waals surface area contributed by atoms with Crippen LogP contribution in [-0.4, -0.2) is 20.9 Å². The van der Waals surface area contributed by atoms with Gasteiger partial charge in [0.1, 0.15) is 0 Å². The van der Waals surface area contributed by atoms with Crippen molar-refractivity contribution in [1.82, 2.24) is 15.0 Å². The average molecular weight is 329 g/mol. The van der Waals surface area contributed by atoms with Gasteiger partial charge in [-0.1, -0.05) is 31.5 Å². The van der Waals surface area contributed by atoms with Crippen molar-refractivity contribution in [2.75, 3.05) is 11.1 Å². The first kappa shape index (κ1) is 17.7.